The first-order valence-corrected chi connectivity index (χ1v) is 8.26. The first-order valence-electron chi connectivity index (χ1n) is 7.47. The van der Waals surface area contributed by atoms with E-state index in [0.717, 1.165) is 22.3 Å². The zero-order valence-corrected chi connectivity index (χ0v) is 12.9. The predicted octanol–water partition coefficient (Wildman–Crippen LogP) is 3.55. The molecular formula is C15H23BrN2O. The molecule has 2 heterocycles. The quantitative estimate of drug-likeness (QED) is 0.923. The molecule has 1 aliphatic carbocycles. The van der Waals surface area contributed by atoms with E-state index in [1.54, 1.807) is 0 Å². The van der Waals surface area contributed by atoms with Crippen molar-refractivity contribution in [1.29, 1.82) is 0 Å². The van der Waals surface area contributed by atoms with Gasteiger partial charge in [0, 0.05) is 13.1 Å². The monoisotopic (exact) mass is 326 g/mol. The third-order valence-electron chi connectivity index (χ3n) is 4.91. The fourth-order valence-electron chi connectivity index (χ4n) is 3.86. The van der Waals surface area contributed by atoms with Crippen LogP contribution in [0.2, 0.25) is 0 Å². The average Bonchev–Trinajstić information content (AvgIpc) is 2.86. The zero-order chi connectivity index (χ0) is 13.2. The number of rotatable bonds is 3. The van der Waals surface area contributed by atoms with Crippen molar-refractivity contribution in [3.05, 3.63) is 22.6 Å². The molecule has 2 fully saturated rings. The largest absolute Gasteiger partial charge is 0.453 e. The highest BCUT2D eigenvalue weighted by atomic mass is 79.9. The van der Waals surface area contributed by atoms with Crippen LogP contribution in [0.3, 0.4) is 0 Å². The Labute approximate surface area is 123 Å². The predicted molar refractivity (Wildman–Crippen MR) is 79.8 cm³/mol. The molecular weight excluding hydrogens is 304 g/mol. The van der Waals surface area contributed by atoms with Crippen LogP contribution in [0.25, 0.3) is 0 Å². The molecule has 1 aromatic rings. The van der Waals surface area contributed by atoms with Gasteiger partial charge < -0.3 is 10.2 Å². The Kier molecular flexibility index (Phi) is 4.30. The number of halogens is 1. The van der Waals surface area contributed by atoms with Crippen molar-refractivity contribution in [2.45, 2.75) is 38.1 Å². The minimum absolute atomic E-state index is 0.245. The van der Waals surface area contributed by atoms with Crippen LogP contribution in [0, 0.1) is 11.8 Å². The topological polar surface area (TPSA) is 42.4 Å². The van der Waals surface area contributed by atoms with Crippen LogP contribution in [0.1, 0.15) is 43.9 Å². The first-order chi connectivity index (χ1) is 9.28. The summed E-state index contributed by atoms with van der Waals surface area (Å²) in [4.78, 5) is 2.54. The van der Waals surface area contributed by atoms with E-state index >= 15 is 0 Å². The van der Waals surface area contributed by atoms with Crippen molar-refractivity contribution >= 4 is 15.9 Å². The minimum Gasteiger partial charge on any atom is -0.453 e. The molecule has 0 bridgehead atoms. The zero-order valence-electron chi connectivity index (χ0n) is 11.4. The summed E-state index contributed by atoms with van der Waals surface area (Å²) in [6.07, 6.45) is 7.03. The molecule has 1 aliphatic heterocycles. The van der Waals surface area contributed by atoms with Crippen LogP contribution in [0.4, 0.5) is 0 Å². The fourth-order valence-corrected chi connectivity index (χ4v) is 4.18. The van der Waals surface area contributed by atoms with Crippen LogP contribution < -0.4 is 5.73 Å². The van der Waals surface area contributed by atoms with Gasteiger partial charge in [-0.15, -0.1) is 0 Å². The molecule has 3 rings (SSSR count). The standard InChI is InChI=1S/C15H23BrN2O/c16-15-6-5-14(19-15)13(9-17)18-8-7-11-3-1-2-4-12(11)10-18/h5-6,11-13H,1-4,7-10,17H2. The number of hydrogen-bond donors (Lipinski definition) is 1. The van der Waals surface area contributed by atoms with Crippen LogP contribution in [0.15, 0.2) is 21.2 Å². The Balaban J connectivity index is 1.70. The summed E-state index contributed by atoms with van der Waals surface area (Å²) < 4.78 is 6.52. The maximum Gasteiger partial charge on any atom is 0.169 e. The van der Waals surface area contributed by atoms with E-state index < -0.39 is 0 Å². The van der Waals surface area contributed by atoms with Crippen molar-refractivity contribution in [2.75, 3.05) is 19.6 Å². The van der Waals surface area contributed by atoms with E-state index in [1.807, 2.05) is 6.07 Å². The van der Waals surface area contributed by atoms with Crippen LogP contribution >= 0.6 is 15.9 Å². The van der Waals surface area contributed by atoms with Crippen molar-refractivity contribution in [2.24, 2.45) is 17.6 Å². The second kappa shape index (κ2) is 5.98. The highest BCUT2D eigenvalue weighted by molar-refractivity contribution is 9.10. The molecule has 1 aromatic heterocycles. The summed E-state index contributed by atoms with van der Waals surface area (Å²) in [5, 5.41) is 0. The third kappa shape index (κ3) is 2.91. The van der Waals surface area contributed by atoms with Gasteiger partial charge in [0.15, 0.2) is 4.67 Å². The van der Waals surface area contributed by atoms with E-state index in [1.165, 1.54) is 45.2 Å². The molecule has 0 aromatic carbocycles. The number of likely N-dealkylation sites (tertiary alicyclic amines) is 1. The van der Waals surface area contributed by atoms with E-state index in [-0.39, 0.29) is 6.04 Å². The molecule has 4 heteroatoms. The van der Waals surface area contributed by atoms with Gasteiger partial charge in [0.1, 0.15) is 5.76 Å². The lowest BCUT2D eigenvalue weighted by molar-refractivity contribution is 0.0516. The van der Waals surface area contributed by atoms with Crippen LogP contribution in [-0.2, 0) is 0 Å². The maximum absolute atomic E-state index is 6.00. The Bertz CT molecular complexity index is 420. The molecule has 0 radical (unpaired) electrons. The molecule has 0 spiro atoms. The highest BCUT2D eigenvalue weighted by Gasteiger charge is 2.34. The summed E-state index contributed by atoms with van der Waals surface area (Å²) in [7, 11) is 0. The van der Waals surface area contributed by atoms with Crippen molar-refractivity contribution in [3.8, 4) is 0 Å². The normalized spacial score (nSPS) is 30.0. The van der Waals surface area contributed by atoms with E-state index in [0.29, 0.717) is 6.54 Å². The average molecular weight is 327 g/mol. The van der Waals surface area contributed by atoms with Crippen LogP contribution in [-0.4, -0.2) is 24.5 Å². The second-order valence-corrected chi connectivity index (χ2v) is 6.76. The molecule has 106 valence electrons. The molecule has 2 N–H and O–H groups in total. The smallest absolute Gasteiger partial charge is 0.169 e. The van der Waals surface area contributed by atoms with E-state index in [4.69, 9.17) is 10.2 Å². The van der Waals surface area contributed by atoms with E-state index in [9.17, 15) is 0 Å². The summed E-state index contributed by atoms with van der Waals surface area (Å²) in [5.41, 5.74) is 6.00. The summed E-state index contributed by atoms with van der Waals surface area (Å²) >= 11 is 3.38. The van der Waals surface area contributed by atoms with Gasteiger partial charge in [-0.2, -0.15) is 0 Å². The van der Waals surface area contributed by atoms with E-state index in [2.05, 4.69) is 26.9 Å². The second-order valence-electron chi connectivity index (χ2n) is 5.98. The highest BCUT2D eigenvalue weighted by Crippen LogP contribution is 2.38. The van der Waals surface area contributed by atoms with Gasteiger partial charge in [0.25, 0.3) is 0 Å². The SMILES string of the molecule is NCC(c1ccc(Br)o1)N1CCC2CCCCC2C1. The first kappa shape index (κ1) is 13.7. The van der Waals surface area contributed by atoms with Crippen molar-refractivity contribution in [3.63, 3.8) is 0 Å². The number of nitrogens with two attached hydrogens (primary N) is 1. The molecule has 0 amide bonds. The Morgan fingerprint density at radius 3 is 2.74 bits per heavy atom. The summed E-state index contributed by atoms with van der Waals surface area (Å²) in [6.45, 7) is 3.00. The molecule has 2 aliphatic rings. The molecule has 19 heavy (non-hydrogen) atoms. The fraction of sp³-hybridized carbons (Fsp3) is 0.733. The lowest BCUT2D eigenvalue weighted by atomic mass is 9.75. The van der Waals surface area contributed by atoms with Gasteiger partial charge in [-0.3, -0.25) is 4.90 Å². The summed E-state index contributed by atoms with van der Waals surface area (Å²) in [5.74, 6) is 2.85. The lowest BCUT2D eigenvalue weighted by Gasteiger charge is -2.43. The molecule has 3 unspecified atom stereocenters. The molecule has 3 atom stereocenters. The maximum atomic E-state index is 6.00. The van der Waals surface area contributed by atoms with Crippen molar-refractivity contribution in [1.82, 2.24) is 4.90 Å². The lowest BCUT2D eigenvalue weighted by Crippen LogP contribution is -2.45. The molecule has 1 saturated heterocycles. The third-order valence-corrected chi connectivity index (χ3v) is 5.34. The van der Waals surface area contributed by atoms with Crippen LogP contribution in [0.5, 0.6) is 0 Å². The Morgan fingerprint density at radius 1 is 1.26 bits per heavy atom. The van der Waals surface area contributed by atoms with Gasteiger partial charge in [-0.25, -0.2) is 0 Å². The molecule has 3 nitrogen and oxygen atoms in total. The van der Waals surface area contributed by atoms with Gasteiger partial charge >= 0.3 is 0 Å². The van der Waals surface area contributed by atoms with Gasteiger partial charge in [0.2, 0.25) is 0 Å². The number of fused-ring (bicyclic) bond motifs is 1. The van der Waals surface area contributed by atoms with Crippen molar-refractivity contribution < 1.29 is 4.42 Å². The number of hydrogen-bond acceptors (Lipinski definition) is 3. The molecule has 1 saturated carbocycles. The minimum atomic E-state index is 0.245. The number of nitrogens with zero attached hydrogens (tertiary/aromatic N) is 1. The van der Waals surface area contributed by atoms with Gasteiger partial charge in [0.05, 0.1) is 6.04 Å². The number of piperidine rings is 1. The number of furan rings is 1. The Hall–Kier alpha value is -0.320. The van der Waals surface area contributed by atoms with Gasteiger partial charge in [-0.05, 0) is 59.3 Å². The Morgan fingerprint density at radius 2 is 2.05 bits per heavy atom. The summed E-state index contributed by atoms with van der Waals surface area (Å²) in [6, 6.07) is 4.26. The van der Waals surface area contributed by atoms with Gasteiger partial charge in [-0.1, -0.05) is 19.3 Å².